The smallest absolute Gasteiger partial charge is 0.270 e. The van der Waals surface area contributed by atoms with Crippen LogP contribution in [0.15, 0.2) is 78.9 Å². The van der Waals surface area contributed by atoms with Crippen LogP contribution in [0.4, 0.5) is 0 Å². The molecule has 0 fully saturated rings. The molecule has 4 rings (SSSR count). The van der Waals surface area contributed by atoms with Crippen LogP contribution < -0.4 is 10.1 Å². The minimum absolute atomic E-state index is 0.222. The Morgan fingerprint density at radius 3 is 2.44 bits per heavy atom. The molecule has 0 unspecified atom stereocenters. The summed E-state index contributed by atoms with van der Waals surface area (Å²) in [7, 11) is 1.61. The number of nitrogens with zero attached hydrogens (tertiary/aromatic N) is 2. The van der Waals surface area contributed by atoms with Crippen LogP contribution in [0.2, 0.25) is 10.0 Å². The molecule has 1 amide bonds. The van der Waals surface area contributed by atoms with Crippen LogP contribution in [0.3, 0.4) is 0 Å². The van der Waals surface area contributed by atoms with Gasteiger partial charge in [-0.3, -0.25) is 4.79 Å². The number of carbonyl (C=O) groups excluding carboxylic acids is 1. The van der Waals surface area contributed by atoms with E-state index in [1.54, 1.807) is 30.0 Å². The average molecular weight is 466 g/mol. The van der Waals surface area contributed by atoms with Gasteiger partial charge in [0, 0.05) is 22.2 Å². The third kappa shape index (κ3) is 4.96. The summed E-state index contributed by atoms with van der Waals surface area (Å²) in [6, 6.07) is 24.3. The van der Waals surface area contributed by atoms with Gasteiger partial charge < -0.3 is 10.1 Å². The first kappa shape index (κ1) is 21.9. The van der Waals surface area contributed by atoms with Gasteiger partial charge in [-0.25, -0.2) is 4.68 Å². The molecular formula is C25H21Cl2N3O2. The van der Waals surface area contributed by atoms with E-state index in [0.29, 0.717) is 34.4 Å². The van der Waals surface area contributed by atoms with Crippen molar-refractivity contribution in [1.29, 1.82) is 0 Å². The monoisotopic (exact) mass is 465 g/mol. The minimum Gasteiger partial charge on any atom is -0.497 e. The normalized spacial score (nSPS) is 10.7. The van der Waals surface area contributed by atoms with Crippen LogP contribution in [0, 0.1) is 0 Å². The summed E-state index contributed by atoms with van der Waals surface area (Å²) in [5, 5.41) is 8.83. The number of carbonyl (C=O) groups is 1. The molecule has 4 aromatic rings. The van der Waals surface area contributed by atoms with Crippen LogP contribution in [0.5, 0.6) is 5.75 Å². The van der Waals surface area contributed by atoms with Gasteiger partial charge >= 0.3 is 0 Å². The van der Waals surface area contributed by atoms with Gasteiger partial charge in [0.1, 0.15) is 11.4 Å². The Bertz CT molecular complexity index is 1220. The Hall–Kier alpha value is -3.28. The molecule has 0 saturated heterocycles. The number of hydrogen-bond acceptors (Lipinski definition) is 3. The Kier molecular flexibility index (Phi) is 6.78. The number of benzene rings is 3. The fraction of sp³-hybridized carbons (Fsp3) is 0.120. The van der Waals surface area contributed by atoms with Crippen LogP contribution in [0.25, 0.3) is 16.9 Å². The maximum Gasteiger partial charge on any atom is 0.270 e. The van der Waals surface area contributed by atoms with Crippen molar-refractivity contribution < 1.29 is 9.53 Å². The zero-order valence-corrected chi connectivity index (χ0v) is 18.9. The number of hydrogen-bond donors (Lipinski definition) is 1. The predicted molar refractivity (Wildman–Crippen MR) is 128 cm³/mol. The number of methoxy groups -OCH3 is 1. The first-order valence-corrected chi connectivity index (χ1v) is 10.8. The van der Waals surface area contributed by atoms with Gasteiger partial charge in [-0.15, -0.1) is 0 Å². The van der Waals surface area contributed by atoms with E-state index >= 15 is 0 Å². The van der Waals surface area contributed by atoms with E-state index in [4.69, 9.17) is 33.0 Å². The highest BCUT2D eigenvalue weighted by molar-refractivity contribution is 6.35. The zero-order valence-electron chi connectivity index (χ0n) is 17.4. The molecule has 162 valence electrons. The van der Waals surface area contributed by atoms with E-state index in [2.05, 4.69) is 5.32 Å². The highest BCUT2D eigenvalue weighted by atomic mass is 35.5. The molecule has 0 saturated carbocycles. The molecule has 0 spiro atoms. The van der Waals surface area contributed by atoms with E-state index in [9.17, 15) is 4.79 Å². The number of aromatic nitrogens is 2. The largest absolute Gasteiger partial charge is 0.497 e. The maximum absolute atomic E-state index is 13.1. The number of halogens is 2. The first-order valence-electron chi connectivity index (χ1n) is 10.1. The van der Waals surface area contributed by atoms with Crippen molar-refractivity contribution in [2.24, 2.45) is 0 Å². The lowest BCUT2D eigenvalue weighted by Crippen LogP contribution is -2.27. The molecule has 7 heteroatoms. The number of ether oxygens (including phenoxy) is 1. The molecule has 3 aromatic carbocycles. The van der Waals surface area contributed by atoms with Crippen LogP contribution >= 0.6 is 23.2 Å². The third-order valence-electron chi connectivity index (χ3n) is 5.02. The van der Waals surface area contributed by atoms with E-state index < -0.39 is 0 Å². The molecule has 1 heterocycles. The average Bonchev–Trinajstić information content (AvgIpc) is 3.27. The molecule has 0 aliphatic carbocycles. The number of nitrogens with one attached hydrogen (secondary N) is 1. The van der Waals surface area contributed by atoms with Gasteiger partial charge in [-0.05, 0) is 54.4 Å². The third-order valence-corrected chi connectivity index (χ3v) is 5.61. The van der Waals surface area contributed by atoms with E-state index in [1.165, 1.54) is 0 Å². The summed E-state index contributed by atoms with van der Waals surface area (Å²) in [5.41, 5.74) is 3.77. The van der Waals surface area contributed by atoms with Crippen molar-refractivity contribution in [2.75, 3.05) is 13.7 Å². The minimum atomic E-state index is -0.222. The van der Waals surface area contributed by atoms with Crippen LogP contribution in [0.1, 0.15) is 16.1 Å². The molecule has 1 N–H and O–H groups in total. The highest BCUT2D eigenvalue weighted by Crippen LogP contribution is 2.24. The number of rotatable bonds is 7. The standard InChI is InChI=1S/C25H21Cl2N3O2/c1-32-21-11-9-20(10-12-21)30-24(16-23(29-30)18-5-3-2-4-6-18)25(31)28-14-13-17-7-8-19(26)15-22(17)27/h2-12,15-16H,13-14H2,1H3,(H,28,31). The Balaban J connectivity index is 1.59. The molecule has 0 atom stereocenters. The van der Waals surface area contributed by atoms with Crippen molar-refractivity contribution in [2.45, 2.75) is 6.42 Å². The number of amides is 1. The van der Waals surface area contributed by atoms with Crippen molar-refractivity contribution in [3.63, 3.8) is 0 Å². The van der Waals surface area contributed by atoms with Crippen molar-refractivity contribution >= 4 is 29.1 Å². The molecule has 5 nitrogen and oxygen atoms in total. The lowest BCUT2D eigenvalue weighted by atomic mass is 10.1. The van der Waals surface area contributed by atoms with Gasteiger partial charge in [0.05, 0.1) is 18.5 Å². The van der Waals surface area contributed by atoms with E-state index in [0.717, 1.165) is 22.6 Å². The van der Waals surface area contributed by atoms with Gasteiger partial charge in [-0.2, -0.15) is 5.10 Å². The quantitative estimate of drug-likeness (QED) is 0.373. The summed E-state index contributed by atoms with van der Waals surface area (Å²) in [4.78, 5) is 13.1. The van der Waals surface area contributed by atoms with Crippen LogP contribution in [-0.4, -0.2) is 29.3 Å². The molecular weight excluding hydrogens is 445 g/mol. The van der Waals surface area contributed by atoms with Gasteiger partial charge in [0.2, 0.25) is 0 Å². The SMILES string of the molecule is COc1ccc(-n2nc(-c3ccccc3)cc2C(=O)NCCc2ccc(Cl)cc2Cl)cc1. The lowest BCUT2D eigenvalue weighted by Gasteiger charge is -2.10. The molecule has 0 bridgehead atoms. The Morgan fingerprint density at radius 1 is 1.00 bits per heavy atom. The Morgan fingerprint density at radius 2 is 1.75 bits per heavy atom. The molecule has 1 aromatic heterocycles. The van der Waals surface area contributed by atoms with Gasteiger partial charge in [-0.1, -0.05) is 59.6 Å². The van der Waals surface area contributed by atoms with Crippen molar-refractivity contribution in [3.05, 3.63) is 100 Å². The zero-order chi connectivity index (χ0) is 22.5. The Labute approximate surface area is 196 Å². The second kappa shape index (κ2) is 9.90. The van der Waals surface area contributed by atoms with Crippen molar-refractivity contribution in [1.82, 2.24) is 15.1 Å². The second-order valence-corrected chi connectivity index (χ2v) is 7.98. The fourth-order valence-electron chi connectivity index (χ4n) is 3.34. The summed E-state index contributed by atoms with van der Waals surface area (Å²) >= 11 is 12.2. The van der Waals surface area contributed by atoms with E-state index in [-0.39, 0.29) is 5.91 Å². The topological polar surface area (TPSA) is 56.2 Å². The van der Waals surface area contributed by atoms with Gasteiger partial charge in [0.25, 0.3) is 5.91 Å². The molecule has 32 heavy (non-hydrogen) atoms. The van der Waals surface area contributed by atoms with Gasteiger partial charge in [0.15, 0.2) is 0 Å². The summed E-state index contributed by atoms with van der Waals surface area (Å²) in [5.74, 6) is 0.510. The molecule has 0 radical (unpaired) electrons. The second-order valence-electron chi connectivity index (χ2n) is 7.13. The first-order chi connectivity index (χ1) is 15.5. The molecule has 0 aliphatic heterocycles. The predicted octanol–water partition coefficient (Wildman–Crippen LogP) is 5.83. The summed E-state index contributed by atoms with van der Waals surface area (Å²) in [6.07, 6.45) is 0.587. The molecule has 0 aliphatic rings. The van der Waals surface area contributed by atoms with Crippen LogP contribution in [-0.2, 0) is 6.42 Å². The highest BCUT2D eigenvalue weighted by Gasteiger charge is 2.17. The summed E-state index contributed by atoms with van der Waals surface area (Å²) in [6.45, 7) is 0.425. The fourth-order valence-corrected chi connectivity index (χ4v) is 3.84. The lowest BCUT2D eigenvalue weighted by molar-refractivity contribution is 0.0946. The van der Waals surface area contributed by atoms with Crippen molar-refractivity contribution in [3.8, 4) is 22.7 Å². The maximum atomic E-state index is 13.1. The van der Waals surface area contributed by atoms with E-state index in [1.807, 2.05) is 60.7 Å². The summed E-state index contributed by atoms with van der Waals surface area (Å²) < 4.78 is 6.89.